The Kier molecular flexibility index (Phi) is 4.53. The maximum atomic E-state index is 11.1. The van der Waals surface area contributed by atoms with E-state index in [2.05, 4.69) is 0 Å². The molecule has 0 fully saturated rings. The van der Waals surface area contributed by atoms with Crippen LogP contribution in [0.1, 0.15) is 35.6 Å². The molecule has 2 atom stereocenters. The lowest BCUT2D eigenvalue weighted by Crippen LogP contribution is -2.09. The van der Waals surface area contributed by atoms with Gasteiger partial charge in [0.05, 0.1) is 5.92 Å². The molecule has 0 aromatic heterocycles. The van der Waals surface area contributed by atoms with E-state index in [4.69, 9.17) is 9.84 Å². The molecular formula is C17H18O3. The Hall–Kier alpha value is -2.13. The van der Waals surface area contributed by atoms with Crippen LogP contribution in [-0.2, 0) is 9.53 Å². The highest BCUT2D eigenvalue weighted by atomic mass is 16.5. The van der Waals surface area contributed by atoms with Gasteiger partial charge < -0.3 is 9.84 Å². The van der Waals surface area contributed by atoms with Crippen LogP contribution in [0.4, 0.5) is 0 Å². The summed E-state index contributed by atoms with van der Waals surface area (Å²) < 4.78 is 5.57. The molecular weight excluding hydrogens is 252 g/mol. The molecule has 2 aromatic rings. The molecule has 0 amide bonds. The summed E-state index contributed by atoms with van der Waals surface area (Å²) in [5.41, 5.74) is 2.80. The number of ether oxygens (including phenoxy) is 1. The fraction of sp³-hybridized carbons (Fsp3) is 0.235. The summed E-state index contributed by atoms with van der Waals surface area (Å²) in [7, 11) is 1.66. The summed E-state index contributed by atoms with van der Waals surface area (Å²) in [6.07, 6.45) is -0.183. The molecule has 20 heavy (non-hydrogen) atoms. The van der Waals surface area contributed by atoms with Crippen molar-refractivity contribution < 1.29 is 14.6 Å². The zero-order chi connectivity index (χ0) is 14.5. The molecule has 1 unspecified atom stereocenters. The fourth-order valence-corrected chi connectivity index (χ4v) is 2.23. The van der Waals surface area contributed by atoms with E-state index in [1.165, 1.54) is 0 Å². The second-order valence-corrected chi connectivity index (χ2v) is 4.76. The monoisotopic (exact) mass is 270 g/mol. The van der Waals surface area contributed by atoms with Crippen LogP contribution in [0.15, 0.2) is 54.6 Å². The summed E-state index contributed by atoms with van der Waals surface area (Å²) >= 11 is 0. The lowest BCUT2D eigenvalue weighted by molar-refractivity contribution is -0.138. The third kappa shape index (κ3) is 3.06. The molecule has 3 nitrogen and oxygen atoms in total. The van der Waals surface area contributed by atoms with E-state index < -0.39 is 11.9 Å². The van der Waals surface area contributed by atoms with Crippen molar-refractivity contribution in [2.24, 2.45) is 0 Å². The van der Waals surface area contributed by atoms with Gasteiger partial charge in [-0.15, -0.1) is 0 Å². The van der Waals surface area contributed by atoms with E-state index in [-0.39, 0.29) is 6.10 Å². The minimum Gasteiger partial charge on any atom is -0.481 e. The number of rotatable bonds is 5. The van der Waals surface area contributed by atoms with Crippen LogP contribution in [0.3, 0.4) is 0 Å². The molecule has 2 aromatic carbocycles. The van der Waals surface area contributed by atoms with Crippen molar-refractivity contribution in [3.05, 3.63) is 71.3 Å². The van der Waals surface area contributed by atoms with Gasteiger partial charge in [-0.1, -0.05) is 54.6 Å². The number of carbonyl (C=O) groups is 1. The van der Waals surface area contributed by atoms with Crippen molar-refractivity contribution in [2.75, 3.05) is 7.11 Å². The average molecular weight is 270 g/mol. The van der Waals surface area contributed by atoms with Gasteiger partial charge in [0.25, 0.3) is 0 Å². The molecule has 0 saturated heterocycles. The maximum Gasteiger partial charge on any atom is 0.310 e. The summed E-state index contributed by atoms with van der Waals surface area (Å²) in [5.74, 6) is -1.35. The average Bonchev–Trinajstić information content (AvgIpc) is 2.48. The third-order valence-corrected chi connectivity index (χ3v) is 3.42. The van der Waals surface area contributed by atoms with Gasteiger partial charge in [0.2, 0.25) is 0 Å². The zero-order valence-corrected chi connectivity index (χ0v) is 11.6. The zero-order valence-electron chi connectivity index (χ0n) is 11.6. The van der Waals surface area contributed by atoms with E-state index in [1.54, 1.807) is 14.0 Å². The molecule has 104 valence electrons. The molecule has 0 saturated carbocycles. The summed E-state index contributed by atoms with van der Waals surface area (Å²) in [6.45, 7) is 1.69. The molecule has 0 aliphatic heterocycles. The van der Waals surface area contributed by atoms with Crippen LogP contribution >= 0.6 is 0 Å². The normalized spacial score (nSPS) is 13.7. The van der Waals surface area contributed by atoms with Gasteiger partial charge in [-0.25, -0.2) is 0 Å². The van der Waals surface area contributed by atoms with E-state index in [1.807, 2.05) is 54.6 Å². The van der Waals surface area contributed by atoms with Crippen LogP contribution in [0.2, 0.25) is 0 Å². The number of methoxy groups -OCH3 is 1. The Morgan fingerprint density at radius 1 is 1.00 bits per heavy atom. The highest BCUT2D eigenvalue weighted by molar-refractivity contribution is 5.75. The second kappa shape index (κ2) is 6.35. The second-order valence-electron chi connectivity index (χ2n) is 4.76. The highest BCUT2D eigenvalue weighted by Crippen LogP contribution is 2.27. The van der Waals surface area contributed by atoms with Crippen molar-refractivity contribution in [2.45, 2.75) is 18.9 Å². The van der Waals surface area contributed by atoms with Gasteiger partial charge in [-0.05, 0) is 23.6 Å². The largest absolute Gasteiger partial charge is 0.481 e. The quantitative estimate of drug-likeness (QED) is 0.902. The molecule has 0 aliphatic rings. The molecule has 2 rings (SSSR count). The molecule has 0 radical (unpaired) electrons. The van der Waals surface area contributed by atoms with E-state index >= 15 is 0 Å². The Morgan fingerprint density at radius 2 is 1.60 bits per heavy atom. The maximum absolute atomic E-state index is 11.1. The van der Waals surface area contributed by atoms with Gasteiger partial charge in [0.1, 0.15) is 6.10 Å². The van der Waals surface area contributed by atoms with Gasteiger partial charge in [0, 0.05) is 7.11 Å². The van der Waals surface area contributed by atoms with Gasteiger partial charge in [0.15, 0.2) is 0 Å². The first-order chi connectivity index (χ1) is 9.63. The first kappa shape index (κ1) is 14.3. The minimum absolute atomic E-state index is 0.183. The minimum atomic E-state index is -0.823. The van der Waals surface area contributed by atoms with Crippen LogP contribution in [0.5, 0.6) is 0 Å². The van der Waals surface area contributed by atoms with E-state index in [9.17, 15) is 4.79 Å². The van der Waals surface area contributed by atoms with E-state index in [0.29, 0.717) is 0 Å². The lowest BCUT2D eigenvalue weighted by Gasteiger charge is -2.18. The number of carboxylic acids is 1. The van der Waals surface area contributed by atoms with E-state index in [0.717, 1.165) is 16.7 Å². The smallest absolute Gasteiger partial charge is 0.310 e. The Bertz CT molecular complexity index is 578. The van der Waals surface area contributed by atoms with Gasteiger partial charge >= 0.3 is 5.97 Å². The SMILES string of the molecule is CO[C@@H](c1ccccc1)c1cccc(C(C)C(=O)O)c1. The number of hydrogen-bond donors (Lipinski definition) is 1. The fourth-order valence-electron chi connectivity index (χ4n) is 2.23. The third-order valence-electron chi connectivity index (χ3n) is 3.42. The first-order valence-corrected chi connectivity index (χ1v) is 6.54. The standard InChI is InChI=1S/C17H18O3/c1-12(17(18)19)14-9-6-10-15(11-14)16(20-2)13-7-4-3-5-8-13/h3-12,16H,1-2H3,(H,18,19)/t12?,16-/m0/s1. The molecule has 0 bridgehead atoms. The molecule has 1 N–H and O–H groups in total. The molecule has 0 spiro atoms. The summed E-state index contributed by atoms with van der Waals surface area (Å²) in [6, 6.07) is 17.5. The molecule has 3 heteroatoms. The van der Waals surface area contributed by atoms with Crippen molar-refractivity contribution >= 4 is 5.97 Å². The summed E-state index contributed by atoms with van der Waals surface area (Å²) in [5, 5.41) is 9.11. The number of aliphatic carboxylic acids is 1. The number of hydrogen-bond acceptors (Lipinski definition) is 2. The predicted octanol–water partition coefficient (Wildman–Crippen LogP) is 3.61. The molecule has 0 aliphatic carbocycles. The van der Waals surface area contributed by atoms with Crippen molar-refractivity contribution in [3.63, 3.8) is 0 Å². The highest BCUT2D eigenvalue weighted by Gasteiger charge is 2.17. The first-order valence-electron chi connectivity index (χ1n) is 6.54. The Morgan fingerprint density at radius 3 is 2.20 bits per heavy atom. The Balaban J connectivity index is 2.36. The predicted molar refractivity (Wildman–Crippen MR) is 77.8 cm³/mol. The topological polar surface area (TPSA) is 46.5 Å². The van der Waals surface area contributed by atoms with Crippen molar-refractivity contribution in [1.29, 1.82) is 0 Å². The molecule has 0 heterocycles. The van der Waals surface area contributed by atoms with Crippen LogP contribution in [-0.4, -0.2) is 18.2 Å². The van der Waals surface area contributed by atoms with Crippen molar-refractivity contribution in [1.82, 2.24) is 0 Å². The van der Waals surface area contributed by atoms with Crippen LogP contribution in [0, 0.1) is 0 Å². The van der Waals surface area contributed by atoms with Crippen molar-refractivity contribution in [3.8, 4) is 0 Å². The lowest BCUT2D eigenvalue weighted by atomic mass is 9.95. The number of carboxylic acid groups (broad SMARTS) is 1. The number of benzene rings is 2. The Labute approximate surface area is 118 Å². The van der Waals surface area contributed by atoms with Crippen LogP contribution < -0.4 is 0 Å². The summed E-state index contributed by atoms with van der Waals surface area (Å²) in [4.78, 5) is 11.1. The van der Waals surface area contributed by atoms with Gasteiger partial charge in [-0.3, -0.25) is 4.79 Å². The van der Waals surface area contributed by atoms with Gasteiger partial charge in [-0.2, -0.15) is 0 Å². The van der Waals surface area contributed by atoms with Crippen LogP contribution in [0.25, 0.3) is 0 Å².